The van der Waals surface area contributed by atoms with Gasteiger partial charge in [0.15, 0.2) is 5.16 Å². The van der Waals surface area contributed by atoms with Gasteiger partial charge in [-0.3, -0.25) is 0 Å². The van der Waals surface area contributed by atoms with Crippen LogP contribution in [0.4, 0.5) is 0 Å². The zero-order chi connectivity index (χ0) is 8.23. The fourth-order valence-electron chi connectivity index (χ4n) is 1.41. The Labute approximate surface area is 76.4 Å². The van der Waals surface area contributed by atoms with Crippen LogP contribution in [0.15, 0.2) is 17.6 Å². The molecule has 12 heavy (non-hydrogen) atoms. The third-order valence-corrected chi connectivity index (χ3v) is 3.12. The molecule has 3 nitrogen and oxygen atoms in total. The van der Waals surface area contributed by atoms with Gasteiger partial charge < -0.3 is 10.3 Å². The number of rotatable bonds is 3. The number of thioether (sulfide) groups is 1. The van der Waals surface area contributed by atoms with Crippen LogP contribution in [0.25, 0.3) is 0 Å². The van der Waals surface area contributed by atoms with Crippen molar-refractivity contribution in [2.24, 2.45) is 0 Å². The van der Waals surface area contributed by atoms with Crippen LogP contribution in [-0.2, 0) is 0 Å². The van der Waals surface area contributed by atoms with Gasteiger partial charge in [-0.2, -0.15) is 0 Å². The van der Waals surface area contributed by atoms with E-state index >= 15 is 0 Å². The summed E-state index contributed by atoms with van der Waals surface area (Å²) in [4.78, 5) is 7.24. The van der Waals surface area contributed by atoms with E-state index < -0.39 is 0 Å². The molecule has 1 aromatic heterocycles. The van der Waals surface area contributed by atoms with Crippen molar-refractivity contribution in [2.45, 2.75) is 24.0 Å². The van der Waals surface area contributed by atoms with E-state index in [9.17, 15) is 0 Å². The second kappa shape index (κ2) is 3.96. The molecule has 0 amide bonds. The number of nitrogens with one attached hydrogen (secondary N) is 2. The molecule has 0 aliphatic carbocycles. The third kappa shape index (κ3) is 2.01. The highest BCUT2D eigenvalue weighted by Crippen LogP contribution is 2.16. The molecule has 0 bridgehead atoms. The molecular formula is C8H13N3S. The van der Waals surface area contributed by atoms with Gasteiger partial charge in [-0.15, -0.1) is 0 Å². The van der Waals surface area contributed by atoms with E-state index in [0.29, 0.717) is 6.04 Å². The van der Waals surface area contributed by atoms with Gasteiger partial charge in [0.25, 0.3) is 0 Å². The smallest absolute Gasteiger partial charge is 0.165 e. The quantitative estimate of drug-likeness (QED) is 0.693. The molecule has 1 aliphatic heterocycles. The molecule has 0 spiro atoms. The van der Waals surface area contributed by atoms with Gasteiger partial charge in [0, 0.05) is 24.2 Å². The van der Waals surface area contributed by atoms with Crippen molar-refractivity contribution in [1.82, 2.24) is 15.3 Å². The third-order valence-electron chi connectivity index (χ3n) is 2.06. The lowest BCUT2D eigenvalue weighted by Crippen LogP contribution is -2.23. The average molecular weight is 183 g/mol. The molecule has 1 saturated heterocycles. The first-order valence-electron chi connectivity index (χ1n) is 4.31. The second-order valence-electron chi connectivity index (χ2n) is 3.00. The number of hydrogen-bond donors (Lipinski definition) is 2. The van der Waals surface area contributed by atoms with Crippen molar-refractivity contribution < 1.29 is 0 Å². The van der Waals surface area contributed by atoms with Crippen molar-refractivity contribution in [3.05, 3.63) is 12.4 Å². The normalized spacial score (nSPS) is 23.2. The minimum atomic E-state index is 0.695. The highest BCUT2D eigenvalue weighted by molar-refractivity contribution is 7.99. The zero-order valence-corrected chi connectivity index (χ0v) is 7.73. The summed E-state index contributed by atoms with van der Waals surface area (Å²) in [7, 11) is 0. The van der Waals surface area contributed by atoms with Crippen LogP contribution in [0.3, 0.4) is 0 Å². The SMILES string of the molecule is c1c[nH]c(SCC2CCCN2)n1. The highest BCUT2D eigenvalue weighted by atomic mass is 32.2. The lowest BCUT2D eigenvalue weighted by atomic mass is 10.3. The van der Waals surface area contributed by atoms with Gasteiger partial charge in [-0.1, -0.05) is 11.8 Å². The topological polar surface area (TPSA) is 40.7 Å². The first kappa shape index (κ1) is 8.13. The lowest BCUT2D eigenvalue weighted by Gasteiger charge is -2.06. The zero-order valence-electron chi connectivity index (χ0n) is 6.92. The minimum Gasteiger partial charge on any atom is -0.340 e. The van der Waals surface area contributed by atoms with Gasteiger partial charge in [-0.25, -0.2) is 4.98 Å². The summed E-state index contributed by atoms with van der Waals surface area (Å²) in [5.74, 6) is 1.13. The van der Waals surface area contributed by atoms with Crippen LogP contribution in [0.2, 0.25) is 0 Å². The van der Waals surface area contributed by atoms with Gasteiger partial charge in [-0.05, 0) is 19.4 Å². The summed E-state index contributed by atoms with van der Waals surface area (Å²) >= 11 is 1.80. The predicted molar refractivity (Wildman–Crippen MR) is 50.3 cm³/mol. The van der Waals surface area contributed by atoms with Crippen LogP contribution >= 0.6 is 11.8 Å². The molecule has 0 saturated carbocycles. The van der Waals surface area contributed by atoms with Gasteiger partial charge in [0.2, 0.25) is 0 Å². The van der Waals surface area contributed by atoms with Crippen LogP contribution in [-0.4, -0.2) is 28.3 Å². The maximum absolute atomic E-state index is 4.16. The first-order valence-corrected chi connectivity index (χ1v) is 5.29. The van der Waals surface area contributed by atoms with E-state index in [1.54, 1.807) is 18.0 Å². The molecule has 0 radical (unpaired) electrons. The average Bonchev–Trinajstić information content (AvgIpc) is 2.74. The Hall–Kier alpha value is -0.480. The summed E-state index contributed by atoms with van der Waals surface area (Å²) in [5, 5.41) is 4.49. The number of aromatic amines is 1. The van der Waals surface area contributed by atoms with E-state index in [2.05, 4.69) is 15.3 Å². The maximum Gasteiger partial charge on any atom is 0.165 e. The van der Waals surface area contributed by atoms with Crippen LogP contribution in [0, 0.1) is 0 Å². The molecular weight excluding hydrogens is 170 g/mol. The molecule has 2 N–H and O–H groups in total. The largest absolute Gasteiger partial charge is 0.340 e. The number of hydrogen-bond acceptors (Lipinski definition) is 3. The second-order valence-corrected chi connectivity index (χ2v) is 4.01. The van der Waals surface area contributed by atoms with Crippen molar-refractivity contribution >= 4 is 11.8 Å². The van der Waals surface area contributed by atoms with E-state index in [1.807, 2.05) is 6.20 Å². The highest BCUT2D eigenvalue weighted by Gasteiger charge is 2.13. The molecule has 1 unspecified atom stereocenters. The van der Waals surface area contributed by atoms with Crippen LogP contribution in [0.1, 0.15) is 12.8 Å². The fraction of sp³-hybridized carbons (Fsp3) is 0.625. The van der Waals surface area contributed by atoms with Crippen molar-refractivity contribution in [3.8, 4) is 0 Å². The molecule has 1 atom stereocenters. The van der Waals surface area contributed by atoms with E-state index in [4.69, 9.17) is 0 Å². The van der Waals surface area contributed by atoms with Crippen molar-refractivity contribution in [2.75, 3.05) is 12.3 Å². The predicted octanol–water partition coefficient (Wildman–Crippen LogP) is 1.25. The minimum absolute atomic E-state index is 0.695. The van der Waals surface area contributed by atoms with E-state index in [0.717, 1.165) is 10.9 Å². The van der Waals surface area contributed by atoms with Crippen LogP contribution < -0.4 is 5.32 Å². The van der Waals surface area contributed by atoms with Crippen molar-refractivity contribution in [1.29, 1.82) is 0 Å². The number of H-pyrrole nitrogens is 1. The Balaban J connectivity index is 1.74. The summed E-state index contributed by atoms with van der Waals surface area (Å²) in [5.41, 5.74) is 0. The Morgan fingerprint density at radius 3 is 3.33 bits per heavy atom. The summed E-state index contributed by atoms with van der Waals surface area (Å²) < 4.78 is 0. The Morgan fingerprint density at radius 1 is 1.67 bits per heavy atom. The first-order chi connectivity index (χ1) is 5.95. The standard InChI is InChI=1S/C8H13N3S/c1-2-7(9-3-1)6-12-8-10-4-5-11-8/h4-5,7,9H,1-3,6H2,(H,10,11). The van der Waals surface area contributed by atoms with E-state index in [-0.39, 0.29) is 0 Å². The summed E-state index contributed by atoms with van der Waals surface area (Å²) in [6, 6.07) is 0.695. The number of aromatic nitrogens is 2. The molecule has 0 aromatic carbocycles. The summed E-state index contributed by atoms with van der Waals surface area (Å²) in [6.07, 6.45) is 6.30. The van der Waals surface area contributed by atoms with Crippen molar-refractivity contribution in [3.63, 3.8) is 0 Å². The Kier molecular flexibility index (Phi) is 2.68. The Bertz CT molecular complexity index is 216. The number of nitrogens with zero attached hydrogens (tertiary/aromatic N) is 1. The molecule has 1 aromatic rings. The fourth-order valence-corrected chi connectivity index (χ4v) is 2.34. The Morgan fingerprint density at radius 2 is 2.67 bits per heavy atom. The maximum atomic E-state index is 4.16. The molecule has 2 rings (SSSR count). The van der Waals surface area contributed by atoms with Crippen LogP contribution in [0.5, 0.6) is 0 Å². The summed E-state index contributed by atoms with van der Waals surface area (Å²) in [6.45, 7) is 1.18. The number of imidazole rings is 1. The molecule has 2 heterocycles. The molecule has 1 fully saturated rings. The molecule has 4 heteroatoms. The van der Waals surface area contributed by atoms with Gasteiger partial charge >= 0.3 is 0 Å². The van der Waals surface area contributed by atoms with E-state index in [1.165, 1.54) is 19.4 Å². The van der Waals surface area contributed by atoms with Gasteiger partial charge in [0.05, 0.1) is 0 Å². The lowest BCUT2D eigenvalue weighted by molar-refractivity contribution is 0.673. The monoisotopic (exact) mass is 183 g/mol. The molecule has 66 valence electrons. The van der Waals surface area contributed by atoms with Gasteiger partial charge in [0.1, 0.15) is 0 Å². The molecule has 1 aliphatic rings.